The minimum Gasteiger partial charge on any atom is -0.453 e. The van der Waals surface area contributed by atoms with E-state index in [1.165, 1.54) is 19.3 Å². The van der Waals surface area contributed by atoms with Crippen molar-refractivity contribution in [3.8, 4) is 0 Å². The van der Waals surface area contributed by atoms with E-state index in [2.05, 4.69) is 6.92 Å². The Morgan fingerprint density at radius 2 is 1.71 bits per heavy atom. The molecule has 0 amide bonds. The molecule has 0 aliphatic carbocycles. The van der Waals surface area contributed by atoms with E-state index in [1.807, 2.05) is 0 Å². The summed E-state index contributed by atoms with van der Waals surface area (Å²) in [5.41, 5.74) is 0.308. The fraction of sp³-hybridized carbons (Fsp3) is 0.667. The molecule has 1 aliphatic heterocycles. The normalized spacial score (nSPS) is 27.5. The lowest BCUT2D eigenvalue weighted by atomic mass is 9.99. The second kappa shape index (κ2) is 12.1. The number of esters is 1. The highest BCUT2D eigenvalue weighted by atomic mass is 16.7. The van der Waals surface area contributed by atoms with Crippen LogP contribution >= 0.6 is 0 Å². The predicted octanol–water partition coefficient (Wildman–Crippen LogP) is 2.03. The molecule has 1 aliphatic rings. The van der Waals surface area contributed by atoms with Crippen LogP contribution < -0.4 is 0 Å². The molecule has 0 aromatic heterocycles. The highest BCUT2D eigenvalue weighted by molar-refractivity contribution is 5.89. The van der Waals surface area contributed by atoms with Crippen LogP contribution in [0.1, 0.15) is 55.8 Å². The lowest BCUT2D eigenvalue weighted by molar-refractivity contribution is -0.300. The van der Waals surface area contributed by atoms with Gasteiger partial charge in [0.15, 0.2) is 12.4 Å². The Labute approximate surface area is 166 Å². The predicted molar refractivity (Wildman–Crippen MR) is 103 cm³/mol. The Morgan fingerprint density at radius 3 is 2.39 bits per heavy atom. The molecular formula is C21H32O7. The maximum Gasteiger partial charge on any atom is 0.338 e. The highest BCUT2D eigenvalue weighted by Crippen LogP contribution is 2.25. The summed E-state index contributed by atoms with van der Waals surface area (Å²) in [5, 5.41) is 30.3. The third kappa shape index (κ3) is 6.53. The molecule has 1 saturated heterocycles. The third-order valence-corrected chi connectivity index (χ3v) is 4.85. The van der Waals surface area contributed by atoms with Gasteiger partial charge in [0.25, 0.3) is 0 Å². The van der Waals surface area contributed by atoms with Gasteiger partial charge in [-0.25, -0.2) is 4.79 Å². The van der Waals surface area contributed by atoms with Crippen molar-refractivity contribution in [2.24, 2.45) is 0 Å². The van der Waals surface area contributed by atoms with E-state index in [0.29, 0.717) is 12.2 Å². The maximum atomic E-state index is 12.2. The number of carbonyl (C=O) groups is 1. The first-order valence-corrected chi connectivity index (χ1v) is 10.1. The first-order chi connectivity index (χ1) is 13.6. The summed E-state index contributed by atoms with van der Waals surface area (Å²) in [6.07, 6.45) is 0.521. The van der Waals surface area contributed by atoms with Gasteiger partial charge in [-0.2, -0.15) is 0 Å². The van der Waals surface area contributed by atoms with E-state index in [0.717, 1.165) is 19.3 Å². The number of rotatable bonds is 11. The first-order valence-electron chi connectivity index (χ1n) is 10.1. The van der Waals surface area contributed by atoms with Crippen molar-refractivity contribution < 1.29 is 34.3 Å². The number of aliphatic hydroxyl groups excluding tert-OH is 3. The number of aliphatic hydroxyl groups is 3. The average molecular weight is 396 g/mol. The van der Waals surface area contributed by atoms with Crippen molar-refractivity contribution in [3.63, 3.8) is 0 Å². The molecule has 7 heteroatoms. The van der Waals surface area contributed by atoms with E-state index >= 15 is 0 Å². The van der Waals surface area contributed by atoms with Crippen LogP contribution in [0.15, 0.2) is 30.3 Å². The standard InChI is InChI=1S/C21H32O7/c1-2-3-4-5-6-10-13-26-21-18(24)17(23)19(16(14-22)27-21)28-20(25)15-11-8-7-9-12-15/h7-9,11-12,16-19,21-24H,2-6,10,13-14H2,1H3/t16-,17-,18-,19-,21-/m1/s1. The van der Waals surface area contributed by atoms with Gasteiger partial charge in [0.1, 0.15) is 18.3 Å². The maximum absolute atomic E-state index is 12.2. The SMILES string of the molecule is CCCCCCCCO[C@@H]1O[C@H](CO)[C@@H](OC(=O)c2ccccc2)[C@H](O)[C@H]1O. The summed E-state index contributed by atoms with van der Waals surface area (Å²) < 4.78 is 16.4. The quantitative estimate of drug-likeness (QED) is 0.388. The number of carbonyl (C=O) groups excluding carboxylic acids is 1. The summed E-state index contributed by atoms with van der Waals surface area (Å²) in [5.74, 6) is -0.662. The Morgan fingerprint density at radius 1 is 1.04 bits per heavy atom. The van der Waals surface area contributed by atoms with Gasteiger partial charge in [0.2, 0.25) is 0 Å². The molecule has 1 heterocycles. The van der Waals surface area contributed by atoms with Crippen molar-refractivity contribution in [1.29, 1.82) is 0 Å². The van der Waals surface area contributed by atoms with E-state index in [-0.39, 0.29) is 0 Å². The average Bonchev–Trinajstić information content (AvgIpc) is 2.72. The summed E-state index contributed by atoms with van der Waals surface area (Å²) in [7, 11) is 0. The van der Waals surface area contributed by atoms with Crippen molar-refractivity contribution in [3.05, 3.63) is 35.9 Å². The zero-order valence-corrected chi connectivity index (χ0v) is 16.4. The van der Waals surface area contributed by atoms with Crippen molar-refractivity contribution in [1.82, 2.24) is 0 Å². The Hall–Kier alpha value is -1.51. The van der Waals surface area contributed by atoms with Crippen LogP contribution in [0.5, 0.6) is 0 Å². The van der Waals surface area contributed by atoms with Gasteiger partial charge >= 0.3 is 5.97 Å². The van der Waals surface area contributed by atoms with E-state index < -0.39 is 43.3 Å². The zero-order chi connectivity index (χ0) is 20.4. The Kier molecular flexibility index (Phi) is 9.87. The summed E-state index contributed by atoms with van der Waals surface area (Å²) in [4.78, 5) is 12.2. The summed E-state index contributed by atoms with van der Waals surface area (Å²) >= 11 is 0. The number of unbranched alkanes of at least 4 members (excludes halogenated alkanes) is 5. The van der Waals surface area contributed by atoms with Gasteiger partial charge in [-0.15, -0.1) is 0 Å². The van der Waals surface area contributed by atoms with E-state index in [4.69, 9.17) is 14.2 Å². The van der Waals surface area contributed by atoms with Crippen molar-refractivity contribution in [2.75, 3.05) is 13.2 Å². The molecule has 7 nitrogen and oxygen atoms in total. The fourth-order valence-corrected chi connectivity index (χ4v) is 3.18. The second-order valence-electron chi connectivity index (χ2n) is 7.08. The Balaban J connectivity index is 1.84. The monoisotopic (exact) mass is 396 g/mol. The van der Waals surface area contributed by atoms with Gasteiger partial charge in [0, 0.05) is 6.61 Å². The van der Waals surface area contributed by atoms with Crippen LogP contribution in [0.4, 0.5) is 0 Å². The second-order valence-corrected chi connectivity index (χ2v) is 7.08. The van der Waals surface area contributed by atoms with Gasteiger partial charge in [0.05, 0.1) is 12.2 Å². The molecule has 0 spiro atoms. The molecule has 0 unspecified atom stereocenters. The molecule has 3 N–H and O–H groups in total. The van der Waals surface area contributed by atoms with Crippen LogP contribution in [0.2, 0.25) is 0 Å². The number of hydrogen-bond donors (Lipinski definition) is 3. The van der Waals surface area contributed by atoms with Crippen LogP contribution in [-0.2, 0) is 14.2 Å². The molecule has 5 atom stereocenters. The fourth-order valence-electron chi connectivity index (χ4n) is 3.18. The molecule has 0 saturated carbocycles. The third-order valence-electron chi connectivity index (χ3n) is 4.85. The topological polar surface area (TPSA) is 105 Å². The van der Waals surface area contributed by atoms with E-state index in [9.17, 15) is 20.1 Å². The van der Waals surface area contributed by atoms with Crippen LogP contribution in [0.3, 0.4) is 0 Å². The minimum atomic E-state index is -1.42. The lowest BCUT2D eigenvalue weighted by Gasteiger charge is -2.41. The molecular weight excluding hydrogens is 364 g/mol. The largest absolute Gasteiger partial charge is 0.453 e. The van der Waals surface area contributed by atoms with Crippen LogP contribution in [0, 0.1) is 0 Å². The molecule has 1 aromatic carbocycles. The lowest BCUT2D eigenvalue weighted by Crippen LogP contribution is -2.60. The summed E-state index contributed by atoms with van der Waals surface area (Å²) in [6.45, 7) is 2.07. The zero-order valence-electron chi connectivity index (χ0n) is 16.4. The molecule has 0 radical (unpaired) electrons. The van der Waals surface area contributed by atoms with E-state index in [1.54, 1.807) is 30.3 Å². The smallest absolute Gasteiger partial charge is 0.338 e. The molecule has 158 valence electrons. The van der Waals surface area contributed by atoms with Crippen molar-refractivity contribution >= 4 is 5.97 Å². The molecule has 28 heavy (non-hydrogen) atoms. The van der Waals surface area contributed by atoms with Gasteiger partial charge in [-0.3, -0.25) is 0 Å². The van der Waals surface area contributed by atoms with Crippen molar-refractivity contribution in [2.45, 2.75) is 76.2 Å². The molecule has 2 rings (SSSR count). The minimum absolute atomic E-state index is 0.308. The van der Waals surface area contributed by atoms with Crippen LogP contribution in [-0.4, -0.2) is 65.2 Å². The van der Waals surface area contributed by atoms with Gasteiger partial charge in [-0.05, 0) is 18.6 Å². The van der Waals surface area contributed by atoms with Gasteiger partial charge < -0.3 is 29.5 Å². The summed E-state index contributed by atoms with van der Waals surface area (Å²) in [6, 6.07) is 8.30. The van der Waals surface area contributed by atoms with Gasteiger partial charge in [-0.1, -0.05) is 57.2 Å². The number of ether oxygens (including phenoxy) is 3. The number of hydrogen-bond acceptors (Lipinski definition) is 7. The first kappa shape index (κ1) is 22.8. The molecule has 0 bridgehead atoms. The molecule has 1 fully saturated rings. The molecule has 1 aromatic rings. The highest BCUT2D eigenvalue weighted by Gasteiger charge is 2.47. The number of benzene rings is 1. The van der Waals surface area contributed by atoms with Crippen LogP contribution in [0.25, 0.3) is 0 Å². The Bertz CT molecular complexity index is 563.